The summed E-state index contributed by atoms with van der Waals surface area (Å²) in [5.41, 5.74) is 0.669. The van der Waals surface area contributed by atoms with Gasteiger partial charge in [0.05, 0.1) is 24.7 Å². The highest BCUT2D eigenvalue weighted by atomic mass is 79.9. The fraction of sp³-hybridized carbons (Fsp3) is 0.316. The first kappa shape index (κ1) is 20.9. The van der Waals surface area contributed by atoms with Gasteiger partial charge in [-0.25, -0.2) is 13.2 Å². The van der Waals surface area contributed by atoms with Crippen molar-refractivity contribution in [3.05, 3.63) is 58.1 Å². The van der Waals surface area contributed by atoms with Crippen LogP contribution in [0.4, 0.5) is 13.2 Å². The second-order valence-electron chi connectivity index (χ2n) is 6.72. The van der Waals surface area contributed by atoms with Crippen molar-refractivity contribution in [2.75, 3.05) is 13.1 Å². The summed E-state index contributed by atoms with van der Waals surface area (Å²) < 4.78 is 43.0. The van der Waals surface area contributed by atoms with Crippen molar-refractivity contribution < 1.29 is 22.8 Å². The van der Waals surface area contributed by atoms with Gasteiger partial charge < -0.3 is 14.8 Å². The number of alkyl halides is 2. The highest BCUT2D eigenvalue weighted by Gasteiger charge is 2.47. The van der Waals surface area contributed by atoms with Crippen molar-refractivity contribution in [1.82, 2.24) is 14.8 Å². The molecule has 152 valence electrons. The van der Waals surface area contributed by atoms with Gasteiger partial charge in [-0.3, -0.25) is 9.59 Å². The van der Waals surface area contributed by atoms with Crippen molar-refractivity contribution in [2.24, 2.45) is 0 Å². The van der Waals surface area contributed by atoms with E-state index in [4.69, 9.17) is 5.26 Å². The van der Waals surface area contributed by atoms with Crippen molar-refractivity contribution in [3.8, 4) is 6.07 Å². The van der Waals surface area contributed by atoms with Crippen LogP contribution in [0.25, 0.3) is 0 Å². The summed E-state index contributed by atoms with van der Waals surface area (Å²) in [6, 6.07) is 6.63. The number of hydrogen-bond donors (Lipinski definition) is 1. The Bertz CT molecular complexity index is 986. The lowest BCUT2D eigenvalue weighted by Gasteiger charge is -2.19. The van der Waals surface area contributed by atoms with E-state index in [9.17, 15) is 22.8 Å². The maximum Gasteiger partial charge on any atom is 0.268 e. The number of halogens is 4. The van der Waals surface area contributed by atoms with Gasteiger partial charge in [0.25, 0.3) is 11.8 Å². The molecule has 3 rings (SSSR count). The predicted octanol–water partition coefficient (Wildman–Crippen LogP) is 2.93. The smallest absolute Gasteiger partial charge is 0.268 e. The number of rotatable bonds is 5. The number of nitrogens with zero attached hydrogens (tertiary/aromatic N) is 3. The molecule has 1 saturated heterocycles. The zero-order chi connectivity index (χ0) is 21.2. The Morgan fingerprint density at radius 3 is 2.79 bits per heavy atom. The topological polar surface area (TPSA) is 78.1 Å². The van der Waals surface area contributed by atoms with Crippen LogP contribution in [0.5, 0.6) is 0 Å². The average Bonchev–Trinajstić information content (AvgIpc) is 3.25. The highest BCUT2D eigenvalue weighted by molar-refractivity contribution is 9.10. The van der Waals surface area contributed by atoms with Crippen LogP contribution in [0.15, 0.2) is 41.1 Å². The summed E-state index contributed by atoms with van der Waals surface area (Å²) in [7, 11) is 0. The molecule has 0 aliphatic carbocycles. The average molecular weight is 469 g/mol. The summed E-state index contributed by atoms with van der Waals surface area (Å²) in [4.78, 5) is 25.1. The van der Waals surface area contributed by atoms with Gasteiger partial charge in [0.15, 0.2) is 0 Å². The molecule has 1 aliphatic heterocycles. The molecule has 0 saturated carbocycles. The number of hydrogen-bond acceptors (Lipinski definition) is 3. The number of carbonyl (C=O) groups is 2. The Hall–Kier alpha value is -2.80. The SMILES string of the molecule is N#C[C@@H]1CC(F)(F)CN1C(=O)CNC(=O)c1ccn(Cc2ccc(Br)cc2F)c1. The molecule has 6 nitrogen and oxygen atoms in total. The van der Waals surface area contributed by atoms with E-state index in [2.05, 4.69) is 21.2 Å². The van der Waals surface area contributed by atoms with E-state index < -0.39 is 43.3 Å². The van der Waals surface area contributed by atoms with Gasteiger partial charge in [-0.05, 0) is 18.2 Å². The van der Waals surface area contributed by atoms with Gasteiger partial charge in [0, 0.05) is 35.4 Å². The van der Waals surface area contributed by atoms with Gasteiger partial charge in [0.2, 0.25) is 5.91 Å². The van der Waals surface area contributed by atoms with E-state index in [1.54, 1.807) is 29.0 Å². The minimum atomic E-state index is -3.11. The summed E-state index contributed by atoms with van der Waals surface area (Å²) in [6.45, 7) is -1.13. The monoisotopic (exact) mass is 468 g/mol. The first-order valence-electron chi connectivity index (χ1n) is 8.63. The molecule has 2 heterocycles. The molecule has 0 bridgehead atoms. The third-order valence-corrected chi connectivity index (χ3v) is 5.01. The molecule has 0 spiro atoms. The van der Waals surface area contributed by atoms with E-state index in [1.807, 2.05) is 0 Å². The predicted molar refractivity (Wildman–Crippen MR) is 101 cm³/mol. The third kappa shape index (κ3) is 4.98. The van der Waals surface area contributed by atoms with Crippen LogP contribution in [0.3, 0.4) is 0 Å². The van der Waals surface area contributed by atoms with Gasteiger partial charge in [-0.1, -0.05) is 22.0 Å². The lowest BCUT2D eigenvalue weighted by molar-refractivity contribution is -0.131. The van der Waals surface area contributed by atoms with Crippen LogP contribution in [0.1, 0.15) is 22.3 Å². The highest BCUT2D eigenvalue weighted by Crippen LogP contribution is 2.31. The molecule has 10 heteroatoms. The maximum absolute atomic E-state index is 13.9. The summed E-state index contributed by atoms with van der Waals surface area (Å²) in [6.07, 6.45) is 2.37. The Balaban J connectivity index is 1.58. The number of amides is 2. The fourth-order valence-corrected chi connectivity index (χ4v) is 3.41. The van der Waals surface area contributed by atoms with E-state index in [0.717, 1.165) is 4.90 Å². The second kappa shape index (κ2) is 8.29. The van der Waals surface area contributed by atoms with Crippen molar-refractivity contribution >= 4 is 27.7 Å². The molecule has 1 aliphatic rings. The zero-order valence-corrected chi connectivity index (χ0v) is 16.6. The Morgan fingerprint density at radius 1 is 1.34 bits per heavy atom. The molecule has 1 N–H and O–H groups in total. The van der Waals surface area contributed by atoms with Crippen LogP contribution in [0.2, 0.25) is 0 Å². The standard InChI is InChI=1S/C19H16BrF3N4O2/c20-14-2-1-12(16(21)5-14)9-26-4-3-13(10-26)18(29)25-8-17(28)27-11-19(22,23)6-15(27)7-24/h1-5,10,15H,6,8-9,11H2,(H,25,29)/t15-/m0/s1. The van der Waals surface area contributed by atoms with Crippen molar-refractivity contribution in [1.29, 1.82) is 5.26 Å². The summed E-state index contributed by atoms with van der Waals surface area (Å²) >= 11 is 3.18. The molecule has 2 aromatic rings. The molecule has 1 fully saturated rings. The van der Waals surface area contributed by atoms with Crippen LogP contribution >= 0.6 is 15.9 Å². The normalized spacial score (nSPS) is 17.8. The van der Waals surface area contributed by atoms with Crippen molar-refractivity contribution in [3.63, 3.8) is 0 Å². The molecule has 1 aromatic heterocycles. The van der Waals surface area contributed by atoms with E-state index in [-0.39, 0.29) is 17.9 Å². The number of likely N-dealkylation sites (tertiary alicyclic amines) is 1. The first-order chi connectivity index (χ1) is 13.7. The minimum Gasteiger partial charge on any atom is -0.349 e. The molecular weight excluding hydrogens is 453 g/mol. The number of aromatic nitrogens is 1. The largest absolute Gasteiger partial charge is 0.349 e. The van der Waals surface area contributed by atoms with E-state index in [0.29, 0.717) is 10.0 Å². The quantitative estimate of drug-likeness (QED) is 0.732. The van der Waals surface area contributed by atoms with Crippen LogP contribution in [-0.4, -0.2) is 46.3 Å². The van der Waals surface area contributed by atoms with E-state index >= 15 is 0 Å². The minimum absolute atomic E-state index is 0.206. The number of nitrogens with one attached hydrogen (secondary N) is 1. The van der Waals surface area contributed by atoms with Gasteiger partial charge in [-0.15, -0.1) is 0 Å². The zero-order valence-electron chi connectivity index (χ0n) is 15.0. The molecule has 0 unspecified atom stereocenters. The number of carbonyl (C=O) groups excluding carboxylic acids is 2. The second-order valence-corrected chi connectivity index (χ2v) is 7.63. The lowest BCUT2D eigenvalue weighted by atomic mass is 10.2. The van der Waals surface area contributed by atoms with Gasteiger partial charge in [0.1, 0.15) is 11.9 Å². The Morgan fingerprint density at radius 2 is 2.10 bits per heavy atom. The van der Waals surface area contributed by atoms with Gasteiger partial charge in [-0.2, -0.15) is 5.26 Å². The fourth-order valence-electron chi connectivity index (χ4n) is 3.07. The summed E-state index contributed by atoms with van der Waals surface area (Å²) in [5, 5.41) is 11.3. The molecule has 2 amide bonds. The molecule has 29 heavy (non-hydrogen) atoms. The molecule has 0 radical (unpaired) electrons. The summed E-state index contributed by atoms with van der Waals surface area (Å²) in [5.74, 6) is -4.83. The van der Waals surface area contributed by atoms with Crippen LogP contribution in [-0.2, 0) is 11.3 Å². The lowest BCUT2D eigenvalue weighted by Crippen LogP contribution is -2.42. The third-order valence-electron chi connectivity index (χ3n) is 4.52. The Labute approximate surface area is 173 Å². The van der Waals surface area contributed by atoms with Crippen LogP contribution < -0.4 is 5.32 Å². The first-order valence-corrected chi connectivity index (χ1v) is 9.42. The molecular formula is C19H16BrF3N4O2. The van der Waals surface area contributed by atoms with E-state index in [1.165, 1.54) is 18.3 Å². The number of nitriles is 1. The molecule has 1 atom stereocenters. The maximum atomic E-state index is 13.9. The van der Waals surface area contributed by atoms with Crippen molar-refractivity contribution in [2.45, 2.75) is 24.9 Å². The van der Waals surface area contributed by atoms with Crippen LogP contribution in [0, 0.1) is 17.1 Å². The molecule has 1 aromatic carbocycles. The Kier molecular flexibility index (Phi) is 5.98. The number of benzene rings is 1. The van der Waals surface area contributed by atoms with Gasteiger partial charge >= 0.3 is 0 Å².